The molecule has 1 aliphatic heterocycles. The third-order valence-electron chi connectivity index (χ3n) is 5.82. The number of nitrogens with two attached hydrogens (primary N) is 1. The minimum atomic E-state index is -4.42. The van der Waals surface area contributed by atoms with Crippen LogP contribution in [0.1, 0.15) is 24.5 Å². The summed E-state index contributed by atoms with van der Waals surface area (Å²) >= 11 is 0. The number of hydrogen-bond acceptors (Lipinski definition) is 7. The summed E-state index contributed by atoms with van der Waals surface area (Å²) in [6, 6.07) is 4.70. The highest BCUT2D eigenvalue weighted by Crippen LogP contribution is 2.30. The third-order valence-corrected chi connectivity index (χ3v) is 5.82. The fourth-order valence-electron chi connectivity index (χ4n) is 3.94. The molecule has 0 radical (unpaired) electrons. The van der Waals surface area contributed by atoms with Crippen molar-refractivity contribution in [2.45, 2.75) is 32.2 Å². The number of likely N-dealkylation sites (tertiary alicyclic amines) is 1. The van der Waals surface area contributed by atoms with Crippen LogP contribution in [-0.4, -0.2) is 64.7 Å². The zero-order valence-corrected chi connectivity index (χ0v) is 18.7. The van der Waals surface area contributed by atoms with Crippen LogP contribution in [0.4, 0.5) is 29.2 Å². The summed E-state index contributed by atoms with van der Waals surface area (Å²) < 4.78 is 53.6. The van der Waals surface area contributed by atoms with Crippen molar-refractivity contribution in [2.24, 2.45) is 11.7 Å². The van der Waals surface area contributed by atoms with E-state index >= 15 is 4.39 Å². The molecular formula is C22H28F4N6O2. The van der Waals surface area contributed by atoms with E-state index in [1.165, 1.54) is 18.5 Å². The van der Waals surface area contributed by atoms with E-state index in [0.717, 1.165) is 12.1 Å². The van der Waals surface area contributed by atoms with E-state index in [2.05, 4.69) is 15.3 Å². The number of rotatable bonds is 9. The summed E-state index contributed by atoms with van der Waals surface area (Å²) in [5.41, 5.74) is 5.03. The van der Waals surface area contributed by atoms with Crippen LogP contribution in [0.2, 0.25) is 0 Å². The molecule has 1 saturated heterocycles. The van der Waals surface area contributed by atoms with E-state index < -0.39 is 29.6 Å². The maximum atomic E-state index is 15.2. The highest BCUT2D eigenvalue weighted by molar-refractivity contribution is 5.75. The minimum Gasteiger partial charge on any atom is -0.391 e. The molecule has 2 atom stereocenters. The van der Waals surface area contributed by atoms with Crippen LogP contribution in [0.15, 0.2) is 30.6 Å². The molecule has 3 rings (SSSR count). The molecule has 8 nitrogen and oxygen atoms in total. The number of aliphatic hydroxyl groups excluding tert-OH is 1. The van der Waals surface area contributed by atoms with Crippen molar-refractivity contribution in [1.29, 1.82) is 0 Å². The standard InChI is InChI=1S/C22H28F4N6O2/c1-2-32(10-14-3-5-16(6-4-14)22(24,25)26)21-19(23)20(29-13-30-21)28-9-15-7-8-31(11-17(15)33)12-18(27)34/h3-6,13,15,17,33H,2,7-12H2,1H3,(H2,27,34)(H,28,29,30)/t15-,17+/m1/s1. The Morgan fingerprint density at radius 1 is 1.29 bits per heavy atom. The zero-order chi connectivity index (χ0) is 24.9. The summed E-state index contributed by atoms with van der Waals surface area (Å²) in [6.45, 7) is 3.54. The lowest BCUT2D eigenvalue weighted by atomic mass is 9.93. The molecule has 0 spiro atoms. The molecule has 0 unspecified atom stereocenters. The first-order valence-corrected chi connectivity index (χ1v) is 10.9. The lowest BCUT2D eigenvalue weighted by molar-refractivity contribution is -0.137. The molecule has 186 valence electrons. The number of nitrogens with zero attached hydrogens (tertiary/aromatic N) is 4. The normalized spacial score (nSPS) is 19.1. The largest absolute Gasteiger partial charge is 0.416 e. The van der Waals surface area contributed by atoms with E-state index in [1.54, 1.807) is 16.7 Å². The van der Waals surface area contributed by atoms with Gasteiger partial charge in [-0.05, 0) is 37.6 Å². The van der Waals surface area contributed by atoms with Gasteiger partial charge in [-0.15, -0.1) is 0 Å². The van der Waals surface area contributed by atoms with Gasteiger partial charge in [-0.2, -0.15) is 17.6 Å². The van der Waals surface area contributed by atoms with Crippen molar-refractivity contribution in [3.63, 3.8) is 0 Å². The topological polar surface area (TPSA) is 108 Å². The molecule has 0 bridgehead atoms. The van der Waals surface area contributed by atoms with Gasteiger partial charge >= 0.3 is 6.18 Å². The molecule has 2 heterocycles. The van der Waals surface area contributed by atoms with Crippen LogP contribution in [0.25, 0.3) is 0 Å². The molecule has 1 aromatic heterocycles. The van der Waals surface area contributed by atoms with Gasteiger partial charge in [0.2, 0.25) is 11.7 Å². The summed E-state index contributed by atoms with van der Waals surface area (Å²) in [5, 5.41) is 13.3. The summed E-state index contributed by atoms with van der Waals surface area (Å²) in [5.74, 6) is -1.32. The second-order valence-corrected chi connectivity index (χ2v) is 8.27. The number of nitrogens with one attached hydrogen (secondary N) is 1. The maximum Gasteiger partial charge on any atom is 0.416 e. The lowest BCUT2D eigenvalue weighted by Gasteiger charge is -2.35. The molecule has 1 amide bonds. The Labute approximate surface area is 194 Å². The fraction of sp³-hybridized carbons (Fsp3) is 0.500. The van der Waals surface area contributed by atoms with Gasteiger partial charge in [0, 0.05) is 32.1 Å². The average Bonchev–Trinajstić information content (AvgIpc) is 2.77. The Bertz CT molecular complexity index is 973. The molecule has 1 aromatic carbocycles. The maximum absolute atomic E-state index is 15.2. The third kappa shape index (κ3) is 6.54. The molecule has 1 fully saturated rings. The number of aromatic nitrogens is 2. The van der Waals surface area contributed by atoms with E-state index in [-0.39, 0.29) is 37.2 Å². The highest BCUT2D eigenvalue weighted by Gasteiger charge is 2.30. The van der Waals surface area contributed by atoms with Crippen molar-refractivity contribution >= 4 is 17.5 Å². The van der Waals surface area contributed by atoms with Gasteiger partial charge in [-0.25, -0.2) is 9.97 Å². The number of halogens is 4. The van der Waals surface area contributed by atoms with Gasteiger partial charge in [0.25, 0.3) is 0 Å². The van der Waals surface area contributed by atoms with E-state index in [1.807, 2.05) is 0 Å². The van der Waals surface area contributed by atoms with E-state index in [0.29, 0.717) is 31.6 Å². The molecule has 34 heavy (non-hydrogen) atoms. The number of alkyl halides is 3. The zero-order valence-electron chi connectivity index (χ0n) is 18.7. The average molecular weight is 484 g/mol. The van der Waals surface area contributed by atoms with Crippen molar-refractivity contribution in [3.8, 4) is 0 Å². The van der Waals surface area contributed by atoms with Crippen molar-refractivity contribution in [1.82, 2.24) is 14.9 Å². The number of amides is 1. The Kier molecular flexibility index (Phi) is 8.26. The Balaban J connectivity index is 1.64. The number of β-amino-alcohol motifs (C(OH)–C–C–N with tert-alkyl or cyclic N) is 1. The Morgan fingerprint density at radius 2 is 2.00 bits per heavy atom. The molecule has 12 heteroatoms. The highest BCUT2D eigenvalue weighted by atomic mass is 19.4. The molecule has 0 saturated carbocycles. The van der Waals surface area contributed by atoms with E-state index in [9.17, 15) is 23.1 Å². The van der Waals surface area contributed by atoms with Gasteiger partial charge < -0.3 is 21.1 Å². The van der Waals surface area contributed by atoms with Crippen molar-refractivity contribution < 1.29 is 27.5 Å². The number of primary amides is 1. The number of anilines is 2. The number of carbonyl (C=O) groups excluding carboxylic acids is 1. The first-order valence-electron chi connectivity index (χ1n) is 10.9. The van der Waals surface area contributed by atoms with Gasteiger partial charge in [-0.1, -0.05) is 12.1 Å². The first-order chi connectivity index (χ1) is 16.1. The molecule has 1 aliphatic rings. The van der Waals surface area contributed by atoms with Crippen LogP contribution in [-0.2, 0) is 17.5 Å². The number of aliphatic hydroxyl groups is 1. The summed E-state index contributed by atoms with van der Waals surface area (Å²) in [7, 11) is 0. The Hall–Kier alpha value is -2.99. The van der Waals surface area contributed by atoms with Crippen LogP contribution in [0.3, 0.4) is 0 Å². The van der Waals surface area contributed by atoms with Crippen molar-refractivity contribution in [2.75, 3.05) is 42.9 Å². The smallest absolute Gasteiger partial charge is 0.391 e. The van der Waals surface area contributed by atoms with Crippen molar-refractivity contribution in [3.05, 3.63) is 47.5 Å². The first kappa shape index (κ1) is 25.6. The second kappa shape index (κ2) is 11.0. The van der Waals surface area contributed by atoms with E-state index in [4.69, 9.17) is 5.73 Å². The molecular weight excluding hydrogens is 456 g/mol. The second-order valence-electron chi connectivity index (χ2n) is 8.27. The summed E-state index contributed by atoms with van der Waals surface area (Å²) in [4.78, 5) is 22.4. The van der Waals surface area contributed by atoms with Crippen LogP contribution in [0, 0.1) is 11.7 Å². The molecule has 4 N–H and O–H groups in total. The Morgan fingerprint density at radius 3 is 2.59 bits per heavy atom. The fourth-order valence-corrected chi connectivity index (χ4v) is 3.94. The quantitative estimate of drug-likeness (QED) is 0.469. The monoisotopic (exact) mass is 484 g/mol. The number of benzene rings is 1. The van der Waals surface area contributed by atoms with Gasteiger partial charge in [-0.3, -0.25) is 9.69 Å². The number of hydrogen-bond donors (Lipinski definition) is 3. The van der Waals surface area contributed by atoms with Gasteiger partial charge in [0.1, 0.15) is 6.33 Å². The predicted molar refractivity (Wildman–Crippen MR) is 118 cm³/mol. The number of carbonyl (C=O) groups is 1. The van der Waals surface area contributed by atoms with Crippen LogP contribution >= 0.6 is 0 Å². The predicted octanol–water partition coefficient (Wildman–Crippen LogP) is 2.24. The summed E-state index contributed by atoms with van der Waals surface area (Å²) in [6.07, 6.45) is -3.33. The van der Waals surface area contributed by atoms with Crippen LogP contribution in [0.5, 0.6) is 0 Å². The van der Waals surface area contributed by atoms with Gasteiger partial charge in [0.05, 0.1) is 18.2 Å². The SMILES string of the molecule is CCN(Cc1ccc(C(F)(F)F)cc1)c1ncnc(NC[C@H]2CCN(CC(N)=O)C[C@@H]2O)c1F. The minimum absolute atomic E-state index is 0.0247. The lowest BCUT2D eigenvalue weighted by Crippen LogP contribution is -2.48. The van der Waals surface area contributed by atoms with Crippen LogP contribution < -0.4 is 16.0 Å². The molecule has 2 aromatic rings. The molecule has 0 aliphatic carbocycles. The number of piperidine rings is 1. The van der Waals surface area contributed by atoms with Gasteiger partial charge in [0.15, 0.2) is 11.6 Å².